The first-order chi connectivity index (χ1) is 17.5. The van der Waals surface area contributed by atoms with E-state index < -0.39 is 0 Å². The molecule has 1 atom stereocenters. The number of nitrogens with two attached hydrogens (primary N) is 1. The average Bonchev–Trinajstić information content (AvgIpc) is 3.48. The Morgan fingerprint density at radius 3 is 2.53 bits per heavy atom. The number of carbonyl (C=O) groups is 1. The number of likely N-dealkylation sites (tertiary alicyclic amines) is 1. The van der Waals surface area contributed by atoms with E-state index in [4.69, 9.17) is 10.5 Å². The fourth-order valence-electron chi connectivity index (χ4n) is 4.52. The Bertz CT molecular complexity index is 1540. The lowest BCUT2D eigenvalue weighted by Crippen LogP contribution is -2.31. The molecule has 3 heterocycles. The standard InChI is InChI=1S/C27H26N6O3/c1-3-8-23(34)31-16-15-19(17-31)33-26-24(25(28)29-22(4-2)30-26)32(27(33)35)18-11-13-21(14-12-18)36-20-9-6-5-7-10-20/h5-7,9-14,19H,4,15-17H2,1-2H3,(H2,28,29,30)/t19-/m1/s1. The van der Waals surface area contributed by atoms with Gasteiger partial charge in [-0.15, -0.1) is 0 Å². The first-order valence-electron chi connectivity index (χ1n) is 11.8. The van der Waals surface area contributed by atoms with Crippen LogP contribution in [0.2, 0.25) is 0 Å². The van der Waals surface area contributed by atoms with Crippen LogP contribution in [-0.2, 0) is 11.2 Å². The van der Waals surface area contributed by atoms with E-state index in [9.17, 15) is 9.59 Å². The summed E-state index contributed by atoms with van der Waals surface area (Å²) in [6, 6.07) is 16.4. The van der Waals surface area contributed by atoms with Crippen LogP contribution >= 0.6 is 0 Å². The van der Waals surface area contributed by atoms with Crippen LogP contribution in [0, 0.1) is 11.8 Å². The summed E-state index contributed by atoms with van der Waals surface area (Å²) in [5, 5.41) is 0. The van der Waals surface area contributed by atoms with Gasteiger partial charge in [0.25, 0.3) is 5.91 Å². The Labute approximate surface area is 208 Å². The normalized spacial score (nSPS) is 15.1. The van der Waals surface area contributed by atoms with Gasteiger partial charge in [0, 0.05) is 19.5 Å². The molecule has 1 aliphatic heterocycles. The fourth-order valence-corrected chi connectivity index (χ4v) is 4.52. The summed E-state index contributed by atoms with van der Waals surface area (Å²) in [4.78, 5) is 36.9. The monoisotopic (exact) mass is 482 g/mol. The highest BCUT2D eigenvalue weighted by Crippen LogP contribution is 2.29. The highest BCUT2D eigenvalue weighted by atomic mass is 16.5. The fraction of sp³-hybridized carbons (Fsp3) is 0.259. The number of aryl methyl sites for hydroxylation is 1. The van der Waals surface area contributed by atoms with Gasteiger partial charge in [0.15, 0.2) is 11.5 Å². The van der Waals surface area contributed by atoms with Crippen molar-refractivity contribution >= 4 is 22.9 Å². The highest BCUT2D eigenvalue weighted by molar-refractivity contribution is 5.93. The van der Waals surface area contributed by atoms with Crippen molar-refractivity contribution in [2.24, 2.45) is 0 Å². The number of para-hydroxylation sites is 1. The second kappa shape index (κ2) is 9.58. The van der Waals surface area contributed by atoms with Gasteiger partial charge in [-0.3, -0.25) is 13.9 Å². The molecule has 1 amide bonds. The van der Waals surface area contributed by atoms with E-state index in [1.54, 1.807) is 40.7 Å². The zero-order valence-electron chi connectivity index (χ0n) is 20.1. The van der Waals surface area contributed by atoms with Gasteiger partial charge in [-0.2, -0.15) is 0 Å². The molecule has 1 fully saturated rings. The number of benzene rings is 2. The first kappa shape index (κ1) is 23.2. The lowest BCUT2D eigenvalue weighted by Gasteiger charge is -2.14. The van der Waals surface area contributed by atoms with E-state index in [2.05, 4.69) is 21.8 Å². The second-order valence-electron chi connectivity index (χ2n) is 8.52. The summed E-state index contributed by atoms with van der Waals surface area (Å²) in [6.07, 6.45) is 1.19. The van der Waals surface area contributed by atoms with Gasteiger partial charge in [-0.1, -0.05) is 31.0 Å². The molecule has 1 aliphatic rings. The Morgan fingerprint density at radius 2 is 1.83 bits per heavy atom. The van der Waals surface area contributed by atoms with Gasteiger partial charge in [0.05, 0.1) is 11.7 Å². The maximum atomic E-state index is 13.8. The molecule has 9 nitrogen and oxygen atoms in total. The molecule has 0 saturated carbocycles. The third-order valence-corrected chi connectivity index (χ3v) is 6.23. The maximum absolute atomic E-state index is 13.8. The summed E-state index contributed by atoms with van der Waals surface area (Å²) in [5.41, 5.74) is 7.62. The van der Waals surface area contributed by atoms with Gasteiger partial charge < -0.3 is 15.4 Å². The number of ether oxygens (including phenoxy) is 1. The molecule has 182 valence electrons. The predicted molar refractivity (Wildman–Crippen MR) is 137 cm³/mol. The van der Waals surface area contributed by atoms with Gasteiger partial charge in [0.1, 0.15) is 22.8 Å². The number of rotatable bonds is 5. The third-order valence-electron chi connectivity index (χ3n) is 6.23. The molecule has 2 aromatic heterocycles. The molecule has 5 rings (SSSR count). The number of hydrogen-bond acceptors (Lipinski definition) is 6. The van der Waals surface area contributed by atoms with Crippen LogP contribution in [0.1, 0.15) is 32.1 Å². The Hall–Kier alpha value is -4.58. The van der Waals surface area contributed by atoms with E-state index in [-0.39, 0.29) is 23.5 Å². The SMILES string of the molecule is CC#CC(=O)N1CC[C@@H](n2c(=O)n(-c3ccc(Oc4ccccc4)cc3)c3c(N)nc(CC)nc32)C1. The van der Waals surface area contributed by atoms with Crippen LogP contribution in [0.25, 0.3) is 16.9 Å². The molecule has 2 aromatic carbocycles. The van der Waals surface area contributed by atoms with Gasteiger partial charge in [0.2, 0.25) is 0 Å². The Kier molecular flexibility index (Phi) is 6.17. The number of nitrogen functional groups attached to an aromatic ring is 1. The summed E-state index contributed by atoms with van der Waals surface area (Å²) in [7, 11) is 0. The summed E-state index contributed by atoms with van der Waals surface area (Å²) in [5.74, 6) is 7.14. The van der Waals surface area contributed by atoms with E-state index in [0.717, 1.165) is 5.75 Å². The molecule has 9 heteroatoms. The lowest BCUT2D eigenvalue weighted by molar-refractivity contribution is -0.124. The number of fused-ring (bicyclic) bond motifs is 1. The molecule has 0 unspecified atom stereocenters. The number of anilines is 1. The van der Waals surface area contributed by atoms with Crippen molar-refractivity contribution < 1.29 is 9.53 Å². The minimum Gasteiger partial charge on any atom is -0.457 e. The molecule has 0 bridgehead atoms. The van der Waals surface area contributed by atoms with E-state index >= 15 is 0 Å². The van der Waals surface area contributed by atoms with Gasteiger partial charge in [-0.25, -0.2) is 14.8 Å². The van der Waals surface area contributed by atoms with E-state index in [0.29, 0.717) is 54.4 Å². The zero-order valence-corrected chi connectivity index (χ0v) is 20.1. The molecule has 1 saturated heterocycles. The largest absolute Gasteiger partial charge is 0.457 e. The Balaban J connectivity index is 1.58. The minimum atomic E-state index is -0.281. The number of aromatic nitrogens is 4. The van der Waals surface area contributed by atoms with Crippen molar-refractivity contribution in [3.8, 4) is 29.0 Å². The molecule has 0 aliphatic carbocycles. The number of hydrogen-bond donors (Lipinski definition) is 1. The number of imidazole rings is 1. The molecule has 0 radical (unpaired) electrons. The molecular formula is C27H26N6O3. The van der Waals surface area contributed by atoms with Crippen molar-refractivity contribution in [2.75, 3.05) is 18.8 Å². The molecule has 0 spiro atoms. The molecule has 36 heavy (non-hydrogen) atoms. The number of carbonyl (C=O) groups excluding carboxylic acids is 1. The van der Waals surface area contributed by atoms with E-state index in [1.165, 1.54) is 4.57 Å². The topological polar surface area (TPSA) is 108 Å². The van der Waals surface area contributed by atoms with Crippen LogP contribution in [0.15, 0.2) is 59.4 Å². The highest BCUT2D eigenvalue weighted by Gasteiger charge is 2.32. The molecular weight excluding hydrogens is 456 g/mol. The number of nitrogens with zero attached hydrogens (tertiary/aromatic N) is 5. The van der Waals surface area contributed by atoms with Crippen LogP contribution in [-0.4, -0.2) is 43.0 Å². The predicted octanol–water partition coefficient (Wildman–Crippen LogP) is 3.32. The lowest BCUT2D eigenvalue weighted by atomic mass is 10.2. The quantitative estimate of drug-likeness (QED) is 0.437. The molecule has 4 aromatic rings. The summed E-state index contributed by atoms with van der Waals surface area (Å²) in [6.45, 7) is 4.46. The van der Waals surface area contributed by atoms with Crippen molar-refractivity contribution in [3.63, 3.8) is 0 Å². The average molecular weight is 483 g/mol. The van der Waals surface area contributed by atoms with Crippen molar-refractivity contribution in [1.29, 1.82) is 0 Å². The van der Waals surface area contributed by atoms with E-state index in [1.807, 2.05) is 37.3 Å². The molecule has 2 N–H and O–H groups in total. The summed E-state index contributed by atoms with van der Waals surface area (Å²) >= 11 is 0. The summed E-state index contributed by atoms with van der Waals surface area (Å²) < 4.78 is 9.07. The maximum Gasteiger partial charge on any atom is 0.335 e. The zero-order chi connectivity index (χ0) is 25.2. The Morgan fingerprint density at radius 1 is 1.11 bits per heavy atom. The number of amides is 1. The first-order valence-corrected chi connectivity index (χ1v) is 11.8. The van der Waals surface area contributed by atoms with Crippen molar-refractivity contribution in [2.45, 2.75) is 32.7 Å². The van der Waals surface area contributed by atoms with Crippen LogP contribution < -0.4 is 16.2 Å². The van der Waals surface area contributed by atoms with Gasteiger partial charge >= 0.3 is 5.69 Å². The van der Waals surface area contributed by atoms with Crippen LogP contribution in [0.3, 0.4) is 0 Å². The third kappa shape index (κ3) is 4.18. The van der Waals surface area contributed by atoms with Crippen LogP contribution in [0.4, 0.5) is 5.82 Å². The smallest absolute Gasteiger partial charge is 0.335 e. The van der Waals surface area contributed by atoms with Crippen molar-refractivity contribution in [3.05, 3.63) is 70.9 Å². The van der Waals surface area contributed by atoms with Crippen LogP contribution in [0.5, 0.6) is 11.5 Å². The minimum absolute atomic E-state index is 0.236. The van der Waals surface area contributed by atoms with Crippen molar-refractivity contribution in [1.82, 2.24) is 24.0 Å². The van der Waals surface area contributed by atoms with Gasteiger partial charge in [-0.05, 0) is 55.7 Å². The second-order valence-corrected chi connectivity index (χ2v) is 8.52.